The Hall–Kier alpha value is -1.10. The zero-order chi connectivity index (χ0) is 11.7. The van der Waals surface area contributed by atoms with Crippen molar-refractivity contribution in [3.63, 3.8) is 0 Å². The summed E-state index contributed by atoms with van der Waals surface area (Å²) in [6.45, 7) is 0. The highest BCUT2D eigenvalue weighted by atomic mass is 16.4. The van der Waals surface area contributed by atoms with E-state index < -0.39 is 12.0 Å². The standard InChI is InChI=1S/C11H18N2O3/c12-8(5-9(14)15)11(16)13-10(6-1-2-6)7-3-4-7/h6-8,10H,1-5,12H2,(H,13,16)(H,14,15). The van der Waals surface area contributed by atoms with Crippen LogP contribution < -0.4 is 11.1 Å². The van der Waals surface area contributed by atoms with Gasteiger partial charge in [0, 0.05) is 6.04 Å². The van der Waals surface area contributed by atoms with Crippen molar-refractivity contribution in [2.75, 3.05) is 0 Å². The van der Waals surface area contributed by atoms with Crippen LogP contribution in [0.25, 0.3) is 0 Å². The zero-order valence-electron chi connectivity index (χ0n) is 9.19. The molecule has 0 aromatic rings. The Balaban J connectivity index is 1.82. The fourth-order valence-electron chi connectivity index (χ4n) is 2.08. The lowest BCUT2D eigenvalue weighted by molar-refractivity contribution is -0.139. The van der Waals surface area contributed by atoms with Crippen LogP contribution in [0.3, 0.4) is 0 Å². The summed E-state index contributed by atoms with van der Waals surface area (Å²) in [5.41, 5.74) is 5.51. The molecule has 2 aliphatic carbocycles. The monoisotopic (exact) mass is 226 g/mol. The molecule has 1 amide bonds. The molecule has 0 aromatic carbocycles. The largest absolute Gasteiger partial charge is 0.481 e. The molecule has 0 spiro atoms. The van der Waals surface area contributed by atoms with Crippen molar-refractivity contribution in [2.45, 2.75) is 44.2 Å². The van der Waals surface area contributed by atoms with E-state index in [0.717, 1.165) is 0 Å². The van der Waals surface area contributed by atoms with Gasteiger partial charge in [-0.1, -0.05) is 0 Å². The lowest BCUT2D eigenvalue weighted by atomic mass is 10.1. The summed E-state index contributed by atoms with van der Waals surface area (Å²) in [5, 5.41) is 11.5. The van der Waals surface area contributed by atoms with E-state index in [2.05, 4.69) is 5.32 Å². The van der Waals surface area contributed by atoms with Gasteiger partial charge in [0.1, 0.15) is 0 Å². The molecule has 16 heavy (non-hydrogen) atoms. The number of aliphatic carboxylic acids is 1. The van der Waals surface area contributed by atoms with Gasteiger partial charge in [-0.25, -0.2) is 0 Å². The van der Waals surface area contributed by atoms with Crippen LogP contribution in [-0.4, -0.2) is 29.1 Å². The quantitative estimate of drug-likeness (QED) is 0.598. The molecule has 1 atom stereocenters. The Morgan fingerprint density at radius 1 is 1.25 bits per heavy atom. The van der Waals surface area contributed by atoms with Crippen LogP contribution in [0.2, 0.25) is 0 Å². The summed E-state index contributed by atoms with van der Waals surface area (Å²) in [7, 11) is 0. The van der Waals surface area contributed by atoms with Gasteiger partial charge in [-0.15, -0.1) is 0 Å². The van der Waals surface area contributed by atoms with E-state index in [9.17, 15) is 9.59 Å². The third-order valence-electron chi connectivity index (χ3n) is 3.30. The first-order valence-electron chi connectivity index (χ1n) is 5.85. The fourth-order valence-corrected chi connectivity index (χ4v) is 2.08. The molecular weight excluding hydrogens is 208 g/mol. The van der Waals surface area contributed by atoms with Crippen LogP contribution in [0, 0.1) is 11.8 Å². The van der Waals surface area contributed by atoms with Crippen LogP contribution in [0.5, 0.6) is 0 Å². The Kier molecular flexibility index (Phi) is 3.14. The number of hydrogen-bond acceptors (Lipinski definition) is 3. The number of carbonyl (C=O) groups is 2. The number of amides is 1. The molecule has 0 radical (unpaired) electrons. The van der Waals surface area contributed by atoms with Gasteiger partial charge in [0.2, 0.25) is 5.91 Å². The Bertz CT molecular complexity index is 286. The molecule has 0 heterocycles. The SMILES string of the molecule is NC(CC(=O)O)C(=O)NC(C1CC1)C1CC1. The molecule has 1 unspecified atom stereocenters. The summed E-state index contributed by atoms with van der Waals surface area (Å²) in [4.78, 5) is 22.1. The Morgan fingerprint density at radius 3 is 2.12 bits per heavy atom. The second-order valence-electron chi connectivity index (χ2n) is 4.91. The van der Waals surface area contributed by atoms with Crippen molar-refractivity contribution < 1.29 is 14.7 Å². The van der Waals surface area contributed by atoms with Gasteiger partial charge < -0.3 is 16.2 Å². The van der Waals surface area contributed by atoms with E-state index in [1.54, 1.807) is 0 Å². The van der Waals surface area contributed by atoms with Crippen LogP contribution in [0.4, 0.5) is 0 Å². The van der Waals surface area contributed by atoms with Crippen LogP contribution in [0.1, 0.15) is 32.1 Å². The molecule has 0 saturated heterocycles. The number of nitrogens with two attached hydrogens (primary N) is 1. The molecule has 0 bridgehead atoms. The molecular formula is C11H18N2O3. The van der Waals surface area contributed by atoms with E-state index in [1.165, 1.54) is 25.7 Å². The number of rotatable bonds is 6. The molecule has 2 aliphatic rings. The highest BCUT2D eigenvalue weighted by Crippen LogP contribution is 2.44. The van der Waals surface area contributed by atoms with Crippen molar-refractivity contribution in [1.29, 1.82) is 0 Å². The number of carbonyl (C=O) groups excluding carboxylic acids is 1. The molecule has 2 rings (SSSR count). The van der Waals surface area contributed by atoms with Crippen LogP contribution >= 0.6 is 0 Å². The molecule has 90 valence electrons. The molecule has 5 nitrogen and oxygen atoms in total. The Morgan fingerprint density at radius 2 is 1.75 bits per heavy atom. The maximum absolute atomic E-state index is 11.7. The summed E-state index contributed by atoms with van der Waals surface area (Å²) < 4.78 is 0. The normalized spacial score (nSPS) is 21.9. The predicted octanol–water partition coefficient (Wildman–Crippen LogP) is 0.0932. The van der Waals surface area contributed by atoms with Crippen molar-refractivity contribution in [3.05, 3.63) is 0 Å². The Labute approximate surface area is 94.4 Å². The first-order valence-corrected chi connectivity index (χ1v) is 5.85. The van der Waals surface area contributed by atoms with Crippen molar-refractivity contribution in [3.8, 4) is 0 Å². The summed E-state index contributed by atoms with van der Waals surface area (Å²) in [5.74, 6) is -0.134. The minimum atomic E-state index is -1.03. The maximum Gasteiger partial charge on any atom is 0.305 e. The average molecular weight is 226 g/mol. The van der Waals surface area contributed by atoms with Crippen molar-refractivity contribution in [1.82, 2.24) is 5.32 Å². The van der Waals surface area contributed by atoms with E-state index in [1.807, 2.05) is 0 Å². The van der Waals surface area contributed by atoms with E-state index >= 15 is 0 Å². The van der Waals surface area contributed by atoms with Gasteiger partial charge in [-0.3, -0.25) is 9.59 Å². The first-order chi connectivity index (χ1) is 7.58. The van der Waals surface area contributed by atoms with Crippen molar-refractivity contribution in [2.24, 2.45) is 17.6 Å². The lowest BCUT2D eigenvalue weighted by Crippen LogP contribution is -2.47. The predicted molar refractivity (Wildman–Crippen MR) is 57.6 cm³/mol. The summed E-state index contributed by atoms with van der Waals surface area (Å²) in [6.07, 6.45) is 4.41. The van der Waals surface area contributed by atoms with E-state index in [-0.39, 0.29) is 18.4 Å². The van der Waals surface area contributed by atoms with Gasteiger partial charge >= 0.3 is 5.97 Å². The number of nitrogens with one attached hydrogen (secondary N) is 1. The second-order valence-corrected chi connectivity index (χ2v) is 4.91. The fraction of sp³-hybridized carbons (Fsp3) is 0.818. The van der Waals surface area contributed by atoms with Gasteiger partial charge in [-0.2, -0.15) is 0 Å². The highest BCUT2D eigenvalue weighted by Gasteiger charge is 2.42. The van der Waals surface area contributed by atoms with Gasteiger partial charge in [-0.05, 0) is 37.5 Å². The third kappa shape index (κ3) is 2.95. The minimum Gasteiger partial charge on any atom is -0.481 e. The van der Waals surface area contributed by atoms with Crippen LogP contribution in [0.15, 0.2) is 0 Å². The molecule has 5 heteroatoms. The second kappa shape index (κ2) is 4.41. The van der Waals surface area contributed by atoms with Gasteiger partial charge in [0.05, 0.1) is 12.5 Å². The third-order valence-corrected chi connectivity index (χ3v) is 3.30. The van der Waals surface area contributed by atoms with Gasteiger partial charge in [0.25, 0.3) is 0 Å². The lowest BCUT2D eigenvalue weighted by Gasteiger charge is -2.19. The molecule has 4 N–H and O–H groups in total. The summed E-state index contributed by atoms with van der Waals surface area (Å²) in [6, 6.07) is -0.676. The molecule has 0 aromatic heterocycles. The number of carboxylic acid groups (broad SMARTS) is 1. The van der Waals surface area contributed by atoms with Crippen molar-refractivity contribution >= 4 is 11.9 Å². The first kappa shape index (κ1) is 11.4. The topological polar surface area (TPSA) is 92.4 Å². The minimum absolute atomic E-state index is 0.243. The summed E-state index contributed by atoms with van der Waals surface area (Å²) >= 11 is 0. The van der Waals surface area contributed by atoms with E-state index in [0.29, 0.717) is 11.8 Å². The van der Waals surface area contributed by atoms with Crippen LogP contribution in [-0.2, 0) is 9.59 Å². The number of hydrogen-bond donors (Lipinski definition) is 3. The smallest absolute Gasteiger partial charge is 0.305 e. The number of carboxylic acids is 1. The molecule has 2 fully saturated rings. The zero-order valence-corrected chi connectivity index (χ0v) is 9.19. The molecule has 0 aliphatic heterocycles. The highest BCUT2D eigenvalue weighted by molar-refractivity contribution is 5.86. The average Bonchev–Trinajstić information content (AvgIpc) is 3.03. The molecule has 2 saturated carbocycles. The van der Waals surface area contributed by atoms with E-state index in [4.69, 9.17) is 10.8 Å². The maximum atomic E-state index is 11.7. The van der Waals surface area contributed by atoms with Gasteiger partial charge in [0.15, 0.2) is 0 Å².